The highest BCUT2D eigenvalue weighted by molar-refractivity contribution is 5.07. The van der Waals surface area contributed by atoms with Crippen molar-refractivity contribution in [3.05, 3.63) is 35.5 Å². The van der Waals surface area contributed by atoms with E-state index in [4.69, 9.17) is 9.26 Å². The molecule has 0 unspecified atom stereocenters. The zero-order valence-corrected chi connectivity index (χ0v) is 12.0. The molecule has 0 N–H and O–H groups in total. The van der Waals surface area contributed by atoms with Gasteiger partial charge >= 0.3 is 0 Å². The lowest BCUT2D eigenvalue weighted by Gasteiger charge is -2.27. The van der Waals surface area contributed by atoms with Gasteiger partial charge in [-0.25, -0.2) is 0 Å². The molecule has 0 saturated heterocycles. The van der Waals surface area contributed by atoms with Crippen LogP contribution in [0.4, 0.5) is 0 Å². The van der Waals surface area contributed by atoms with Crippen LogP contribution in [0.25, 0.3) is 0 Å². The molecule has 3 heterocycles. The summed E-state index contributed by atoms with van der Waals surface area (Å²) in [7, 11) is 1.75. The van der Waals surface area contributed by atoms with E-state index in [-0.39, 0.29) is 0 Å². The van der Waals surface area contributed by atoms with Crippen LogP contribution in [0, 0.1) is 6.92 Å². The average molecular weight is 276 g/mol. The van der Waals surface area contributed by atoms with Crippen molar-refractivity contribution >= 4 is 0 Å². The highest BCUT2D eigenvalue weighted by Crippen LogP contribution is 2.20. The van der Waals surface area contributed by atoms with Crippen molar-refractivity contribution in [2.45, 2.75) is 39.0 Å². The standard InChI is InChI=1S/C14H20N4O2/c1-11-7-12(16-20-11)8-17-9-13-3-5-15-18(13)6-4-14(17)10-19-2/h3,5,7,14H,4,6,8-10H2,1-2H3/t14-/m0/s1. The number of fused-ring (bicyclic) bond motifs is 1. The van der Waals surface area contributed by atoms with Gasteiger partial charge in [0.1, 0.15) is 5.76 Å². The maximum Gasteiger partial charge on any atom is 0.133 e. The van der Waals surface area contributed by atoms with E-state index in [9.17, 15) is 0 Å². The third-order valence-corrected chi connectivity index (χ3v) is 3.76. The highest BCUT2D eigenvalue weighted by Gasteiger charge is 2.25. The predicted molar refractivity (Wildman–Crippen MR) is 73.0 cm³/mol. The minimum absolute atomic E-state index is 0.374. The van der Waals surface area contributed by atoms with Crippen LogP contribution in [0.2, 0.25) is 0 Å². The Morgan fingerprint density at radius 1 is 1.50 bits per heavy atom. The molecule has 6 nitrogen and oxygen atoms in total. The van der Waals surface area contributed by atoms with Crippen LogP contribution in [0.5, 0.6) is 0 Å². The van der Waals surface area contributed by atoms with Crippen molar-refractivity contribution < 1.29 is 9.26 Å². The molecule has 0 aliphatic carbocycles. The van der Waals surface area contributed by atoms with Gasteiger partial charge in [-0.2, -0.15) is 5.10 Å². The van der Waals surface area contributed by atoms with Gasteiger partial charge in [-0.1, -0.05) is 5.16 Å². The Kier molecular flexibility index (Phi) is 3.84. The summed E-state index contributed by atoms with van der Waals surface area (Å²) in [6.07, 6.45) is 2.89. The van der Waals surface area contributed by atoms with Crippen LogP contribution >= 0.6 is 0 Å². The van der Waals surface area contributed by atoms with Crippen molar-refractivity contribution in [3.8, 4) is 0 Å². The third-order valence-electron chi connectivity index (χ3n) is 3.76. The molecule has 0 fully saturated rings. The summed E-state index contributed by atoms with van der Waals surface area (Å²) in [6.45, 7) is 5.21. The van der Waals surface area contributed by atoms with Crippen LogP contribution in [0.3, 0.4) is 0 Å². The molecule has 1 aliphatic heterocycles. The van der Waals surface area contributed by atoms with Gasteiger partial charge in [0, 0.05) is 45.0 Å². The van der Waals surface area contributed by atoms with Crippen molar-refractivity contribution in [3.63, 3.8) is 0 Å². The number of rotatable bonds is 4. The summed E-state index contributed by atoms with van der Waals surface area (Å²) in [5, 5.41) is 8.47. The third kappa shape index (κ3) is 2.76. The van der Waals surface area contributed by atoms with Gasteiger partial charge in [0.15, 0.2) is 0 Å². The second kappa shape index (κ2) is 5.76. The Morgan fingerprint density at radius 3 is 3.15 bits per heavy atom. The second-order valence-corrected chi connectivity index (χ2v) is 5.28. The van der Waals surface area contributed by atoms with Crippen LogP contribution in [-0.2, 0) is 24.4 Å². The van der Waals surface area contributed by atoms with Crippen LogP contribution in [-0.4, -0.2) is 39.6 Å². The first-order chi connectivity index (χ1) is 9.76. The Morgan fingerprint density at radius 2 is 2.40 bits per heavy atom. The molecule has 2 aromatic rings. The lowest BCUT2D eigenvalue weighted by Crippen LogP contribution is -2.36. The summed E-state index contributed by atoms with van der Waals surface area (Å²) in [6, 6.07) is 4.45. The molecule has 2 aromatic heterocycles. The largest absolute Gasteiger partial charge is 0.383 e. The first kappa shape index (κ1) is 13.3. The zero-order chi connectivity index (χ0) is 13.9. The molecular formula is C14H20N4O2. The van der Waals surface area contributed by atoms with E-state index < -0.39 is 0 Å². The Balaban J connectivity index is 1.79. The number of ether oxygens (including phenoxy) is 1. The molecule has 0 aromatic carbocycles. The van der Waals surface area contributed by atoms with Crippen LogP contribution in [0.15, 0.2) is 22.9 Å². The number of hydrogen-bond acceptors (Lipinski definition) is 5. The summed E-state index contributed by atoms with van der Waals surface area (Å²) in [4.78, 5) is 2.39. The van der Waals surface area contributed by atoms with Crippen LogP contribution in [0.1, 0.15) is 23.6 Å². The average Bonchev–Trinajstić information content (AvgIpc) is 3.00. The fourth-order valence-electron chi connectivity index (χ4n) is 2.75. The van der Waals surface area contributed by atoms with Gasteiger partial charge in [-0.05, 0) is 19.4 Å². The Bertz CT molecular complexity index is 563. The van der Waals surface area contributed by atoms with Crippen molar-refractivity contribution in [1.82, 2.24) is 19.8 Å². The SMILES string of the molecule is COC[C@@H]1CCn2nccc2CN1Cc1cc(C)on1. The van der Waals surface area contributed by atoms with Crippen molar-refractivity contribution in [2.24, 2.45) is 0 Å². The molecule has 0 radical (unpaired) electrons. The molecule has 0 saturated carbocycles. The molecule has 0 bridgehead atoms. The quantitative estimate of drug-likeness (QED) is 0.849. The summed E-state index contributed by atoms with van der Waals surface area (Å²) in [5.74, 6) is 0.850. The predicted octanol–water partition coefficient (Wildman–Crippen LogP) is 1.60. The van der Waals surface area contributed by atoms with Crippen molar-refractivity contribution in [1.29, 1.82) is 0 Å². The topological polar surface area (TPSA) is 56.3 Å². The Labute approximate surface area is 118 Å². The maximum absolute atomic E-state index is 5.37. The molecule has 108 valence electrons. The van der Waals surface area contributed by atoms with E-state index in [0.29, 0.717) is 6.04 Å². The molecule has 6 heteroatoms. The Hall–Kier alpha value is -1.66. The molecule has 0 spiro atoms. The first-order valence-corrected chi connectivity index (χ1v) is 6.92. The minimum atomic E-state index is 0.374. The fourth-order valence-corrected chi connectivity index (χ4v) is 2.75. The monoisotopic (exact) mass is 276 g/mol. The molecule has 20 heavy (non-hydrogen) atoms. The van der Waals surface area contributed by atoms with E-state index in [0.717, 1.165) is 44.1 Å². The van der Waals surface area contributed by atoms with E-state index in [1.807, 2.05) is 19.2 Å². The molecule has 1 atom stereocenters. The summed E-state index contributed by atoms with van der Waals surface area (Å²) in [5.41, 5.74) is 2.21. The normalized spacial score (nSPS) is 19.8. The van der Waals surface area contributed by atoms with Gasteiger partial charge in [0.2, 0.25) is 0 Å². The van der Waals surface area contributed by atoms with E-state index in [1.165, 1.54) is 5.69 Å². The van der Waals surface area contributed by atoms with E-state index in [1.54, 1.807) is 7.11 Å². The van der Waals surface area contributed by atoms with E-state index in [2.05, 4.69) is 25.9 Å². The van der Waals surface area contributed by atoms with Gasteiger partial charge in [0.05, 0.1) is 18.0 Å². The van der Waals surface area contributed by atoms with Gasteiger partial charge in [0.25, 0.3) is 0 Å². The fraction of sp³-hybridized carbons (Fsp3) is 0.571. The lowest BCUT2D eigenvalue weighted by molar-refractivity contribution is 0.0765. The molecular weight excluding hydrogens is 256 g/mol. The van der Waals surface area contributed by atoms with Gasteiger partial charge in [-0.3, -0.25) is 9.58 Å². The van der Waals surface area contributed by atoms with Gasteiger partial charge in [-0.15, -0.1) is 0 Å². The number of methoxy groups -OCH3 is 1. The second-order valence-electron chi connectivity index (χ2n) is 5.28. The molecule has 3 rings (SSSR count). The minimum Gasteiger partial charge on any atom is -0.383 e. The first-order valence-electron chi connectivity index (χ1n) is 6.92. The van der Waals surface area contributed by atoms with E-state index >= 15 is 0 Å². The lowest BCUT2D eigenvalue weighted by atomic mass is 10.1. The summed E-state index contributed by atoms with van der Waals surface area (Å²) < 4.78 is 12.6. The molecule has 1 aliphatic rings. The smallest absolute Gasteiger partial charge is 0.133 e. The summed E-state index contributed by atoms with van der Waals surface area (Å²) >= 11 is 0. The number of aryl methyl sites for hydroxylation is 2. The molecule has 0 amide bonds. The van der Waals surface area contributed by atoms with Gasteiger partial charge < -0.3 is 9.26 Å². The number of nitrogens with zero attached hydrogens (tertiary/aromatic N) is 4. The van der Waals surface area contributed by atoms with Crippen molar-refractivity contribution in [2.75, 3.05) is 13.7 Å². The number of hydrogen-bond donors (Lipinski definition) is 0. The zero-order valence-electron chi connectivity index (χ0n) is 12.0. The maximum atomic E-state index is 5.37. The van der Waals surface area contributed by atoms with Crippen LogP contribution < -0.4 is 0 Å². The number of aromatic nitrogens is 3. The highest BCUT2D eigenvalue weighted by atomic mass is 16.5.